The summed E-state index contributed by atoms with van der Waals surface area (Å²) in [5.74, 6) is 0.539. The molecule has 0 amide bonds. The maximum Gasteiger partial charge on any atom is 0.401 e. The highest BCUT2D eigenvalue weighted by atomic mass is 127. The number of likely N-dealkylation sites (tertiary alicyclic amines) is 1. The lowest BCUT2D eigenvalue weighted by Crippen LogP contribution is -2.37. The molecular weight excluding hydrogens is 348 g/mol. The first-order valence-corrected chi connectivity index (χ1v) is 5.16. The van der Waals surface area contributed by atoms with Crippen molar-refractivity contribution in [3.63, 3.8) is 0 Å². The number of rotatable bonds is 3. The topological polar surface area (TPSA) is 53.6 Å². The average molecular weight is 366 g/mol. The number of nitrogens with zero attached hydrogens (tertiary/aromatic N) is 2. The van der Waals surface area contributed by atoms with Gasteiger partial charge in [0.1, 0.15) is 0 Å². The molecule has 4 nitrogen and oxygen atoms in total. The van der Waals surface area contributed by atoms with Crippen LogP contribution >= 0.6 is 24.0 Å². The molecule has 102 valence electrons. The van der Waals surface area contributed by atoms with Crippen molar-refractivity contribution in [3.8, 4) is 0 Å². The highest BCUT2D eigenvalue weighted by Gasteiger charge is 2.34. The number of alkyl halides is 3. The summed E-state index contributed by atoms with van der Waals surface area (Å²) in [6, 6.07) is 0. The smallest absolute Gasteiger partial charge is 0.370 e. The lowest BCUT2D eigenvalue weighted by Gasteiger charge is -2.18. The van der Waals surface area contributed by atoms with Gasteiger partial charge in [0.2, 0.25) is 0 Å². The molecule has 0 spiro atoms. The summed E-state index contributed by atoms with van der Waals surface area (Å²) in [5, 5.41) is 2.88. The van der Waals surface area contributed by atoms with E-state index in [4.69, 9.17) is 5.73 Å². The van der Waals surface area contributed by atoms with Gasteiger partial charge >= 0.3 is 6.18 Å². The van der Waals surface area contributed by atoms with Crippen molar-refractivity contribution in [2.45, 2.75) is 12.6 Å². The van der Waals surface area contributed by atoms with E-state index in [1.807, 2.05) is 0 Å². The number of hydrogen-bond acceptors (Lipinski definition) is 2. The fourth-order valence-corrected chi connectivity index (χ4v) is 1.80. The summed E-state index contributed by atoms with van der Waals surface area (Å²) in [7, 11) is 1.56. The number of guanidine groups is 1. The lowest BCUT2D eigenvalue weighted by atomic mass is 10.1. The van der Waals surface area contributed by atoms with Crippen LogP contribution in [0.4, 0.5) is 13.2 Å². The van der Waals surface area contributed by atoms with Gasteiger partial charge in [0.15, 0.2) is 5.96 Å². The zero-order chi connectivity index (χ0) is 12.2. The Kier molecular flexibility index (Phi) is 7.14. The van der Waals surface area contributed by atoms with Crippen molar-refractivity contribution in [1.29, 1.82) is 0 Å². The van der Waals surface area contributed by atoms with E-state index in [1.165, 1.54) is 4.90 Å². The van der Waals surface area contributed by atoms with Crippen LogP contribution in [0.2, 0.25) is 0 Å². The lowest BCUT2D eigenvalue weighted by molar-refractivity contribution is -0.143. The zero-order valence-electron chi connectivity index (χ0n) is 9.63. The molecular formula is C9H18F3IN4. The minimum atomic E-state index is -4.10. The van der Waals surface area contributed by atoms with Gasteiger partial charge in [0, 0.05) is 20.1 Å². The molecule has 3 N–H and O–H groups in total. The normalized spacial score (nSPS) is 22.4. The Balaban J connectivity index is 0.00000256. The Morgan fingerprint density at radius 1 is 1.53 bits per heavy atom. The van der Waals surface area contributed by atoms with Gasteiger partial charge in [0.05, 0.1) is 6.54 Å². The van der Waals surface area contributed by atoms with E-state index < -0.39 is 12.7 Å². The zero-order valence-corrected chi connectivity index (χ0v) is 12.0. The van der Waals surface area contributed by atoms with Crippen LogP contribution in [0.25, 0.3) is 0 Å². The van der Waals surface area contributed by atoms with Crippen LogP contribution in [0.15, 0.2) is 4.99 Å². The fraction of sp³-hybridized carbons (Fsp3) is 0.889. The van der Waals surface area contributed by atoms with Crippen molar-refractivity contribution in [2.24, 2.45) is 16.6 Å². The minimum Gasteiger partial charge on any atom is -0.370 e. The van der Waals surface area contributed by atoms with Crippen LogP contribution in [0.1, 0.15) is 6.42 Å². The van der Waals surface area contributed by atoms with Crippen LogP contribution in [0, 0.1) is 5.92 Å². The summed E-state index contributed by atoms with van der Waals surface area (Å²) in [6.45, 7) is 0.719. The Bertz CT molecular complexity index is 257. The van der Waals surface area contributed by atoms with Crippen LogP contribution in [0.5, 0.6) is 0 Å². The van der Waals surface area contributed by atoms with E-state index in [0.29, 0.717) is 25.6 Å². The van der Waals surface area contributed by atoms with Gasteiger partial charge in [-0.15, -0.1) is 24.0 Å². The molecule has 1 rings (SSSR count). The molecule has 0 bridgehead atoms. The second-order valence-electron chi connectivity index (χ2n) is 3.99. The van der Waals surface area contributed by atoms with Crippen molar-refractivity contribution in [2.75, 3.05) is 33.2 Å². The molecule has 1 heterocycles. The Labute approximate surface area is 116 Å². The van der Waals surface area contributed by atoms with Gasteiger partial charge in [-0.1, -0.05) is 0 Å². The van der Waals surface area contributed by atoms with Gasteiger partial charge in [-0.2, -0.15) is 13.2 Å². The average Bonchev–Trinajstić information content (AvgIpc) is 2.59. The van der Waals surface area contributed by atoms with Crippen LogP contribution < -0.4 is 11.1 Å². The SMILES string of the molecule is CN=C(N)NCC1CCN(CC(F)(F)F)C1.I. The molecule has 0 aliphatic carbocycles. The Hall–Kier alpha value is -0.250. The Morgan fingerprint density at radius 2 is 2.18 bits per heavy atom. The number of halogens is 4. The van der Waals surface area contributed by atoms with Crippen LogP contribution in [-0.2, 0) is 0 Å². The molecule has 0 aromatic carbocycles. The third-order valence-corrected chi connectivity index (χ3v) is 2.59. The molecule has 1 fully saturated rings. The summed E-state index contributed by atoms with van der Waals surface area (Å²) in [5.41, 5.74) is 5.43. The van der Waals surface area contributed by atoms with Crippen molar-refractivity contribution < 1.29 is 13.2 Å². The predicted molar refractivity (Wildman–Crippen MR) is 71.6 cm³/mol. The Morgan fingerprint density at radius 3 is 2.71 bits per heavy atom. The molecule has 1 aliphatic rings. The van der Waals surface area contributed by atoms with Gasteiger partial charge in [0.25, 0.3) is 0 Å². The third-order valence-electron chi connectivity index (χ3n) is 2.59. The van der Waals surface area contributed by atoms with Crippen LogP contribution in [0.3, 0.4) is 0 Å². The first-order chi connectivity index (χ1) is 7.40. The number of aliphatic imine (C=N–C) groups is 1. The van der Waals surface area contributed by atoms with E-state index in [-0.39, 0.29) is 29.9 Å². The largest absolute Gasteiger partial charge is 0.401 e. The molecule has 0 saturated carbocycles. The van der Waals surface area contributed by atoms with Gasteiger partial charge in [-0.05, 0) is 18.9 Å². The second kappa shape index (κ2) is 7.24. The van der Waals surface area contributed by atoms with E-state index in [0.717, 1.165) is 6.42 Å². The quantitative estimate of drug-likeness (QED) is 0.446. The van der Waals surface area contributed by atoms with E-state index in [1.54, 1.807) is 7.05 Å². The summed E-state index contributed by atoms with van der Waals surface area (Å²) < 4.78 is 36.3. The third kappa shape index (κ3) is 6.92. The molecule has 1 atom stereocenters. The summed E-state index contributed by atoms with van der Waals surface area (Å²) in [4.78, 5) is 5.14. The van der Waals surface area contributed by atoms with Crippen LogP contribution in [-0.4, -0.2) is 50.3 Å². The summed E-state index contributed by atoms with van der Waals surface area (Å²) >= 11 is 0. The van der Waals surface area contributed by atoms with Crippen molar-refractivity contribution in [1.82, 2.24) is 10.2 Å². The number of nitrogens with one attached hydrogen (secondary N) is 1. The fourth-order valence-electron chi connectivity index (χ4n) is 1.80. The monoisotopic (exact) mass is 366 g/mol. The van der Waals surface area contributed by atoms with Gasteiger partial charge in [-0.25, -0.2) is 0 Å². The molecule has 1 saturated heterocycles. The highest BCUT2D eigenvalue weighted by Crippen LogP contribution is 2.22. The van der Waals surface area contributed by atoms with E-state index in [9.17, 15) is 13.2 Å². The van der Waals surface area contributed by atoms with Gasteiger partial charge in [-0.3, -0.25) is 9.89 Å². The molecule has 0 aromatic rings. The molecule has 17 heavy (non-hydrogen) atoms. The van der Waals surface area contributed by atoms with Crippen molar-refractivity contribution in [3.05, 3.63) is 0 Å². The maximum atomic E-state index is 12.1. The van der Waals surface area contributed by atoms with Crippen molar-refractivity contribution >= 4 is 29.9 Å². The highest BCUT2D eigenvalue weighted by molar-refractivity contribution is 14.0. The number of nitrogens with two attached hydrogens (primary N) is 1. The minimum absolute atomic E-state index is 0. The second-order valence-corrected chi connectivity index (χ2v) is 3.99. The number of hydrogen-bond donors (Lipinski definition) is 2. The standard InChI is InChI=1S/C9H17F3N4.HI/c1-14-8(13)15-4-7-2-3-16(5-7)6-9(10,11)12;/h7H,2-6H2,1H3,(H3,13,14,15);1H. The van der Waals surface area contributed by atoms with Gasteiger partial charge < -0.3 is 11.1 Å². The first kappa shape index (κ1) is 16.8. The van der Waals surface area contributed by atoms with E-state index in [2.05, 4.69) is 10.3 Å². The molecule has 0 aromatic heterocycles. The molecule has 1 aliphatic heterocycles. The molecule has 8 heteroatoms. The molecule has 0 radical (unpaired) electrons. The maximum absolute atomic E-state index is 12.1. The van der Waals surface area contributed by atoms with E-state index >= 15 is 0 Å². The summed E-state index contributed by atoms with van der Waals surface area (Å²) in [6.07, 6.45) is -3.34. The predicted octanol–water partition coefficient (Wildman–Crippen LogP) is 1.02. The first-order valence-electron chi connectivity index (χ1n) is 5.16. The molecule has 1 unspecified atom stereocenters.